The number of aromatic nitrogens is 8. The number of imidazole rings is 1. The van der Waals surface area contributed by atoms with E-state index in [0.29, 0.717) is 52.6 Å². The van der Waals surface area contributed by atoms with Crippen molar-refractivity contribution >= 4 is 22.9 Å². The Kier molecular flexibility index (Phi) is 6.51. The van der Waals surface area contributed by atoms with Crippen LogP contribution in [0.5, 0.6) is 0 Å². The second-order valence-corrected chi connectivity index (χ2v) is 10.1. The van der Waals surface area contributed by atoms with Crippen LogP contribution in [-0.2, 0) is 6.42 Å². The Morgan fingerprint density at radius 2 is 1.91 bits per heavy atom. The maximum absolute atomic E-state index is 12.9. The molecule has 0 spiro atoms. The molecule has 0 unspecified atom stereocenters. The van der Waals surface area contributed by atoms with Gasteiger partial charge in [0.1, 0.15) is 17.0 Å². The molecule has 13 heteroatoms. The van der Waals surface area contributed by atoms with Crippen LogP contribution in [0.2, 0.25) is 0 Å². The van der Waals surface area contributed by atoms with Gasteiger partial charge in [-0.1, -0.05) is 12.0 Å². The zero-order chi connectivity index (χ0) is 30.4. The molecule has 0 saturated heterocycles. The summed E-state index contributed by atoms with van der Waals surface area (Å²) in [6.45, 7) is 0. The summed E-state index contributed by atoms with van der Waals surface area (Å²) < 4.78 is 27.6. The van der Waals surface area contributed by atoms with E-state index >= 15 is 0 Å². The van der Waals surface area contributed by atoms with Crippen molar-refractivity contribution in [3.63, 3.8) is 0 Å². The molecule has 1 aliphatic carbocycles. The molecule has 11 nitrogen and oxygen atoms in total. The van der Waals surface area contributed by atoms with Crippen LogP contribution in [0.15, 0.2) is 73.3 Å². The van der Waals surface area contributed by atoms with Gasteiger partial charge in [0.05, 0.1) is 35.1 Å². The predicted molar refractivity (Wildman–Crippen MR) is 157 cm³/mol. The molecule has 0 radical (unpaired) electrons. The molecule has 1 amide bonds. The Labute approximate surface area is 248 Å². The van der Waals surface area contributed by atoms with E-state index in [4.69, 9.17) is 22.1 Å². The lowest BCUT2D eigenvalue weighted by atomic mass is 10.1. The third kappa shape index (κ3) is 4.58. The molecule has 216 valence electrons. The lowest BCUT2D eigenvalue weighted by molar-refractivity contribution is 0.0935. The summed E-state index contributed by atoms with van der Waals surface area (Å²) in [6.07, 6.45) is 10.4. The molecule has 1 aliphatic rings. The average Bonchev–Trinajstić information content (AvgIpc) is 3.80. The number of alkyl halides is 2. The van der Waals surface area contributed by atoms with Gasteiger partial charge in [-0.25, -0.2) is 23.7 Å². The third-order valence-electron chi connectivity index (χ3n) is 7.50. The van der Waals surface area contributed by atoms with Gasteiger partial charge in [0, 0.05) is 24.1 Å². The van der Waals surface area contributed by atoms with Gasteiger partial charge in [0.25, 0.3) is 12.3 Å². The van der Waals surface area contributed by atoms with Crippen molar-refractivity contribution < 1.29 is 13.6 Å². The number of hydrogen-bond donors (Lipinski definition) is 2. The maximum atomic E-state index is 12.9. The zero-order valence-electron chi connectivity index (χ0n) is 22.9. The molecule has 6 aromatic rings. The lowest BCUT2D eigenvalue weighted by Crippen LogP contribution is -2.27. The van der Waals surface area contributed by atoms with Crippen molar-refractivity contribution in [2.45, 2.75) is 25.3 Å². The SMILES string of the molecule is C#Cc1cc(-n2nccn2)nc2c1nc(-c1cccnc1N)n2-c1ccc2c(c1)CC[C@@H]2NC(=O)c1ccc(C(F)F)nc1. The van der Waals surface area contributed by atoms with E-state index in [-0.39, 0.29) is 23.2 Å². The number of rotatable bonds is 6. The number of nitrogens with two attached hydrogens (primary N) is 1. The molecular formula is C31H22F2N10O. The molecule has 7 rings (SSSR count). The van der Waals surface area contributed by atoms with Gasteiger partial charge in [0.2, 0.25) is 0 Å². The number of anilines is 1. The summed E-state index contributed by atoms with van der Waals surface area (Å²) in [6, 6.07) is 13.4. The molecule has 0 aliphatic heterocycles. The molecule has 0 fully saturated rings. The highest BCUT2D eigenvalue weighted by Crippen LogP contribution is 2.36. The second kappa shape index (κ2) is 10.7. The van der Waals surface area contributed by atoms with Crippen molar-refractivity contribution in [1.29, 1.82) is 0 Å². The fourth-order valence-electron chi connectivity index (χ4n) is 5.42. The molecule has 3 N–H and O–H groups in total. The molecular weight excluding hydrogens is 566 g/mol. The van der Waals surface area contributed by atoms with Crippen LogP contribution in [0, 0.1) is 12.3 Å². The van der Waals surface area contributed by atoms with Gasteiger partial charge in [0.15, 0.2) is 17.3 Å². The first-order valence-corrected chi connectivity index (χ1v) is 13.6. The summed E-state index contributed by atoms with van der Waals surface area (Å²) in [5.41, 5.74) is 10.9. The molecule has 0 bridgehead atoms. The number of nitrogens with one attached hydrogen (secondary N) is 1. The van der Waals surface area contributed by atoms with Crippen molar-refractivity contribution in [2.24, 2.45) is 0 Å². The fraction of sp³-hybridized carbons (Fsp3) is 0.129. The summed E-state index contributed by atoms with van der Waals surface area (Å²) >= 11 is 0. The van der Waals surface area contributed by atoms with E-state index < -0.39 is 6.43 Å². The third-order valence-corrected chi connectivity index (χ3v) is 7.50. The predicted octanol–water partition coefficient (Wildman–Crippen LogP) is 4.38. The van der Waals surface area contributed by atoms with Crippen molar-refractivity contribution in [1.82, 2.24) is 44.8 Å². The molecule has 1 aromatic carbocycles. The molecule has 5 aromatic heterocycles. The van der Waals surface area contributed by atoms with Crippen LogP contribution in [0.25, 0.3) is 34.1 Å². The Morgan fingerprint density at radius 3 is 2.64 bits per heavy atom. The average molecular weight is 589 g/mol. The number of carbonyl (C=O) groups is 1. The zero-order valence-corrected chi connectivity index (χ0v) is 22.9. The number of terminal acetylenes is 1. The number of aryl methyl sites for hydroxylation is 1. The van der Waals surface area contributed by atoms with E-state index in [1.54, 1.807) is 30.7 Å². The fourth-order valence-corrected chi connectivity index (χ4v) is 5.42. The summed E-state index contributed by atoms with van der Waals surface area (Å²) in [5, 5.41) is 11.4. The number of carbonyl (C=O) groups excluding carboxylic acids is 1. The summed E-state index contributed by atoms with van der Waals surface area (Å²) in [5.74, 6) is 3.53. The topological polar surface area (TPSA) is 142 Å². The van der Waals surface area contributed by atoms with Gasteiger partial charge in [-0.3, -0.25) is 14.3 Å². The van der Waals surface area contributed by atoms with E-state index in [1.807, 2.05) is 28.8 Å². The van der Waals surface area contributed by atoms with Gasteiger partial charge < -0.3 is 11.1 Å². The number of pyridine rings is 3. The highest BCUT2D eigenvalue weighted by Gasteiger charge is 2.27. The Morgan fingerprint density at radius 1 is 1.07 bits per heavy atom. The molecule has 0 saturated carbocycles. The summed E-state index contributed by atoms with van der Waals surface area (Å²) in [7, 11) is 0. The van der Waals surface area contributed by atoms with Crippen LogP contribution in [0.4, 0.5) is 14.6 Å². The van der Waals surface area contributed by atoms with E-state index in [2.05, 4.69) is 31.4 Å². The monoisotopic (exact) mass is 588 g/mol. The van der Waals surface area contributed by atoms with Crippen molar-refractivity contribution in [3.8, 4) is 35.2 Å². The first-order chi connectivity index (χ1) is 21.4. The summed E-state index contributed by atoms with van der Waals surface area (Å²) in [4.78, 5) is 32.0. The van der Waals surface area contributed by atoms with Crippen LogP contribution >= 0.6 is 0 Å². The Hall–Kier alpha value is -6.03. The first-order valence-electron chi connectivity index (χ1n) is 13.6. The number of hydrogen-bond acceptors (Lipinski definition) is 8. The largest absolute Gasteiger partial charge is 0.383 e. The molecule has 44 heavy (non-hydrogen) atoms. The number of halogens is 2. The van der Waals surface area contributed by atoms with E-state index in [0.717, 1.165) is 29.1 Å². The smallest absolute Gasteiger partial charge is 0.280 e. The Bertz CT molecular complexity index is 2080. The van der Waals surface area contributed by atoms with E-state index in [9.17, 15) is 13.6 Å². The molecule has 5 heterocycles. The highest BCUT2D eigenvalue weighted by molar-refractivity contribution is 5.94. The van der Waals surface area contributed by atoms with Gasteiger partial charge in [-0.2, -0.15) is 10.2 Å². The first kappa shape index (κ1) is 26.8. The van der Waals surface area contributed by atoms with Gasteiger partial charge in [-0.15, -0.1) is 11.2 Å². The number of amides is 1. The quantitative estimate of drug-likeness (QED) is 0.273. The maximum Gasteiger partial charge on any atom is 0.280 e. The van der Waals surface area contributed by atoms with Crippen LogP contribution < -0.4 is 11.1 Å². The van der Waals surface area contributed by atoms with Crippen LogP contribution in [0.3, 0.4) is 0 Å². The van der Waals surface area contributed by atoms with Crippen molar-refractivity contribution in [2.75, 3.05) is 5.73 Å². The lowest BCUT2D eigenvalue weighted by Gasteiger charge is -2.16. The second-order valence-electron chi connectivity index (χ2n) is 10.1. The number of nitrogen functional groups attached to an aromatic ring is 1. The Balaban J connectivity index is 1.31. The van der Waals surface area contributed by atoms with Crippen LogP contribution in [0.1, 0.15) is 51.6 Å². The molecule has 1 atom stereocenters. The standard InChI is InChI=1S/C31H22F2N10O/c1-2-17-15-25(43-37-12-13-38-43)40-30-26(17)41-29(22-4-3-11-35-28(22)34)42(30)20-7-8-21-18(14-20)5-9-23(21)39-31(44)19-6-10-24(27(32)33)36-16-19/h1,3-4,6-8,10-16,23,27H,5,9H2,(H2,34,35)(H,39,44)/t23-/m0/s1. The normalized spacial score (nSPS) is 14.1. The van der Waals surface area contributed by atoms with Gasteiger partial charge >= 0.3 is 0 Å². The highest BCUT2D eigenvalue weighted by atomic mass is 19.3. The number of fused-ring (bicyclic) bond motifs is 2. The van der Waals surface area contributed by atoms with Crippen LogP contribution in [-0.4, -0.2) is 45.4 Å². The number of nitrogens with zero attached hydrogens (tertiary/aromatic N) is 8. The minimum atomic E-state index is -2.70. The van der Waals surface area contributed by atoms with E-state index in [1.165, 1.54) is 10.9 Å². The minimum absolute atomic E-state index is 0.209. The minimum Gasteiger partial charge on any atom is -0.383 e. The number of benzene rings is 1. The van der Waals surface area contributed by atoms with Crippen molar-refractivity contribution in [3.05, 3.63) is 101 Å². The van der Waals surface area contributed by atoms with Gasteiger partial charge in [-0.05, 0) is 60.4 Å².